The van der Waals surface area contributed by atoms with E-state index in [2.05, 4.69) is 25.6 Å². The molecule has 3 rings (SSSR count). The number of hydrogen-bond donors (Lipinski definition) is 1. The smallest absolute Gasteiger partial charge is 0.387 e. The Hall–Kier alpha value is -3.21. The number of thioether (sulfide) groups is 1. The molecule has 0 saturated heterocycles. The number of rotatable bonds is 9. The van der Waals surface area contributed by atoms with Gasteiger partial charge in [-0.15, -0.1) is 5.10 Å². The molecule has 152 valence electrons. The summed E-state index contributed by atoms with van der Waals surface area (Å²) in [6.07, 6.45) is 0. The molecule has 0 radical (unpaired) electrons. The number of anilines is 1. The highest BCUT2D eigenvalue weighted by Crippen LogP contribution is 2.28. The van der Waals surface area contributed by atoms with Crippen LogP contribution in [0.1, 0.15) is 6.92 Å². The number of carbonyl (C=O) groups excluding carboxylic acids is 1. The number of alkyl halides is 2. The van der Waals surface area contributed by atoms with Crippen molar-refractivity contribution in [3.05, 3.63) is 48.5 Å². The van der Waals surface area contributed by atoms with E-state index in [1.807, 2.05) is 19.1 Å². The van der Waals surface area contributed by atoms with Gasteiger partial charge in [-0.2, -0.15) is 13.5 Å². The molecule has 0 saturated carbocycles. The molecular formula is C18H17F2N5O3S. The number of nitrogens with one attached hydrogen (secondary N) is 1. The van der Waals surface area contributed by atoms with Gasteiger partial charge in [-0.05, 0) is 41.6 Å². The second-order valence-electron chi connectivity index (χ2n) is 5.49. The molecule has 0 atom stereocenters. The van der Waals surface area contributed by atoms with Crippen LogP contribution in [-0.4, -0.2) is 45.1 Å². The average molecular weight is 421 g/mol. The summed E-state index contributed by atoms with van der Waals surface area (Å²) < 4.78 is 36.4. The van der Waals surface area contributed by atoms with Crippen LogP contribution >= 0.6 is 11.8 Å². The average Bonchev–Trinajstić information content (AvgIpc) is 3.17. The van der Waals surface area contributed by atoms with Gasteiger partial charge in [-0.25, -0.2) is 0 Å². The lowest BCUT2D eigenvalue weighted by Gasteiger charge is -2.12. The van der Waals surface area contributed by atoms with Gasteiger partial charge in [0.1, 0.15) is 17.2 Å². The molecule has 0 aliphatic carbocycles. The summed E-state index contributed by atoms with van der Waals surface area (Å²) in [5.74, 6) is 0.0242. The monoisotopic (exact) mass is 421 g/mol. The van der Waals surface area contributed by atoms with Crippen LogP contribution < -0.4 is 14.8 Å². The van der Waals surface area contributed by atoms with Crippen LogP contribution in [0.3, 0.4) is 0 Å². The Kier molecular flexibility index (Phi) is 6.95. The number of halogens is 2. The van der Waals surface area contributed by atoms with Crippen molar-refractivity contribution in [2.24, 2.45) is 0 Å². The summed E-state index contributed by atoms with van der Waals surface area (Å²) in [4.78, 5) is 12.3. The maximum Gasteiger partial charge on any atom is 0.387 e. The quantitative estimate of drug-likeness (QED) is 0.530. The zero-order chi connectivity index (χ0) is 20.6. The minimum atomic E-state index is -2.99. The third-order valence-electron chi connectivity index (χ3n) is 3.54. The van der Waals surface area contributed by atoms with Crippen LogP contribution in [0.5, 0.6) is 11.5 Å². The maximum absolute atomic E-state index is 12.5. The van der Waals surface area contributed by atoms with Crippen molar-refractivity contribution in [3.8, 4) is 17.2 Å². The molecule has 0 aliphatic rings. The van der Waals surface area contributed by atoms with Gasteiger partial charge in [0, 0.05) is 0 Å². The third-order valence-corrected chi connectivity index (χ3v) is 4.46. The Morgan fingerprint density at radius 3 is 2.66 bits per heavy atom. The molecule has 8 nitrogen and oxygen atoms in total. The van der Waals surface area contributed by atoms with E-state index in [1.165, 1.54) is 22.9 Å². The van der Waals surface area contributed by atoms with Gasteiger partial charge in [0.2, 0.25) is 11.1 Å². The molecule has 0 bridgehead atoms. The predicted molar refractivity (Wildman–Crippen MR) is 103 cm³/mol. The standard InChI is InChI=1S/C18H17F2N5O3S/c1-2-27-15-10-6-4-8-13(15)25-18(22-23-24-25)29-11-16(26)21-12-7-3-5-9-14(12)28-17(19)20/h3-10,17H,2,11H2,1H3,(H,21,26). The van der Waals surface area contributed by atoms with Crippen LogP contribution in [0.15, 0.2) is 53.7 Å². The lowest BCUT2D eigenvalue weighted by Crippen LogP contribution is -2.16. The second kappa shape index (κ2) is 9.82. The second-order valence-corrected chi connectivity index (χ2v) is 6.43. The molecule has 0 unspecified atom stereocenters. The molecule has 0 spiro atoms. The molecule has 0 fully saturated rings. The Bertz CT molecular complexity index is 970. The molecule has 1 heterocycles. The van der Waals surface area contributed by atoms with E-state index in [4.69, 9.17) is 4.74 Å². The lowest BCUT2D eigenvalue weighted by molar-refractivity contribution is -0.113. The Labute approximate surface area is 169 Å². The van der Waals surface area contributed by atoms with Crippen molar-refractivity contribution in [1.82, 2.24) is 20.2 Å². The van der Waals surface area contributed by atoms with Crippen molar-refractivity contribution in [2.75, 3.05) is 17.7 Å². The molecule has 1 N–H and O–H groups in total. The zero-order valence-electron chi connectivity index (χ0n) is 15.3. The number of ether oxygens (including phenoxy) is 2. The number of benzene rings is 2. The van der Waals surface area contributed by atoms with Gasteiger partial charge in [0.15, 0.2) is 0 Å². The number of aromatic nitrogens is 4. The molecular weight excluding hydrogens is 404 g/mol. The van der Waals surface area contributed by atoms with Gasteiger partial charge < -0.3 is 14.8 Å². The molecule has 3 aromatic rings. The highest BCUT2D eigenvalue weighted by molar-refractivity contribution is 7.99. The number of nitrogens with zero attached hydrogens (tertiary/aromatic N) is 4. The van der Waals surface area contributed by atoms with E-state index in [1.54, 1.807) is 18.2 Å². The molecule has 11 heteroatoms. The zero-order valence-corrected chi connectivity index (χ0v) is 16.1. The van der Waals surface area contributed by atoms with E-state index in [-0.39, 0.29) is 17.2 Å². The predicted octanol–water partition coefficient (Wildman–Crippen LogP) is 3.39. The van der Waals surface area contributed by atoms with Gasteiger partial charge in [0.05, 0.1) is 18.0 Å². The number of amides is 1. The highest BCUT2D eigenvalue weighted by atomic mass is 32.2. The first-order chi connectivity index (χ1) is 14.1. The van der Waals surface area contributed by atoms with Gasteiger partial charge in [-0.1, -0.05) is 36.0 Å². The topological polar surface area (TPSA) is 91.2 Å². The van der Waals surface area contributed by atoms with Crippen molar-refractivity contribution < 1.29 is 23.0 Å². The number of carbonyl (C=O) groups is 1. The minimum Gasteiger partial charge on any atom is -0.492 e. The van der Waals surface area contributed by atoms with Gasteiger partial charge >= 0.3 is 6.61 Å². The van der Waals surface area contributed by atoms with E-state index in [0.717, 1.165) is 11.8 Å². The van der Waals surface area contributed by atoms with Gasteiger partial charge in [-0.3, -0.25) is 4.79 Å². The summed E-state index contributed by atoms with van der Waals surface area (Å²) in [7, 11) is 0. The number of hydrogen-bond acceptors (Lipinski definition) is 7. The molecule has 29 heavy (non-hydrogen) atoms. The van der Waals surface area contributed by atoms with Crippen molar-refractivity contribution in [3.63, 3.8) is 0 Å². The summed E-state index contributed by atoms with van der Waals surface area (Å²) >= 11 is 1.09. The third kappa shape index (κ3) is 5.41. The normalized spacial score (nSPS) is 10.8. The van der Waals surface area contributed by atoms with Crippen LogP contribution in [0.2, 0.25) is 0 Å². The molecule has 1 amide bonds. The summed E-state index contributed by atoms with van der Waals surface area (Å²) in [6, 6.07) is 13.2. The SMILES string of the molecule is CCOc1ccccc1-n1nnnc1SCC(=O)Nc1ccccc1OC(F)F. The van der Waals surface area contributed by atoms with Crippen LogP contribution in [0.25, 0.3) is 5.69 Å². The Balaban J connectivity index is 1.68. The summed E-state index contributed by atoms with van der Waals surface area (Å²) in [5.41, 5.74) is 0.789. The number of tetrazole rings is 1. The van der Waals surface area contributed by atoms with E-state index in [9.17, 15) is 13.6 Å². The van der Waals surface area contributed by atoms with Crippen LogP contribution in [0, 0.1) is 0 Å². The largest absolute Gasteiger partial charge is 0.492 e. The summed E-state index contributed by atoms with van der Waals surface area (Å²) in [5, 5.41) is 14.5. The van der Waals surface area contributed by atoms with Crippen molar-refractivity contribution in [1.29, 1.82) is 0 Å². The first kappa shape index (κ1) is 20.5. The Morgan fingerprint density at radius 1 is 1.17 bits per heavy atom. The number of para-hydroxylation sites is 4. The fraction of sp³-hybridized carbons (Fsp3) is 0.222. The summed E-state index contributed by atoms with van der Waals surface area (Å²) in [6.45, 7) is -0.645. The van der Waals surface area contributed by atoms with E-state index in [0.29, 0.717) is 23.2 Å². The lowest BCUT2D eigenvalue weighted by atomic mass is 10.3. The van der Waals surface area contributed by atoms with E-state index >= 15 is 0 Å². The Morgan fingerprint density at radius 2 is 1.90 bits per heavy atom. The van der Waals surface area contributed by atoms with Gasteiger partial charge in [0.25, 0.3) is 0 Å². The molecule has 2 aromatic carbocycles. The molecule has 0 aliphatic heterocycles. The first-order valence-corrected chi connectivity index (χ1v) is 9.54. The van der Waals surface area contributed by atoms with Crippen LogP contribution in [0.4, 0.5) is 14.5 Å². The van der Waals surface area contributed by atoms with E-state index < -0.39 is 12.5 Å². The fourth-order valence-corrected chi connectivity index (χ4v) is 3.10. The molecule has 1 aromatic heterocycles. The van der Waals surface area contributed by atoms with Crippen LogP contribution in [-0.2, 0) is 4.79 Å². The minimum absolute atomic E-state index is 0.0415. The van der Waals surface area contributed by atoms with Crippen molar-refractivity contribution in [2.45, 2.75) is 18.7 Å². The highest BCUT2D eigenvalue weighted by Gasteiger charge is 2.16. The maximum atomic E-state index is 12.5. The fourth-order valence-electron chi connectivity index (χ4n) is 2.41. The first-order valence-electron chi connectivity index (χ1n) is 8.55. The van der Waals surface area contributed by atoms with Crippen molar-refractivity contribution >= 4 is 23.4 Å².